The first-order chi connectivity index (χ1) is 9.40. The summed E-state index contributed by atoms with van der Waals surface area (Å²) in [5.74, 6) is 0.306. The van der Waals surface area contributed by atoms with Gasteiger partial charge >= 0.3 is 0 Å². The maximum atomic E-state index is 12.3. The summed E-state index contributed by atoms with van der Waals surface area (Å²) in [6.07, 6.45) is 1.73. The average molecular weight is 319 g/mol. The minimum absolute atomic E-state index is 0.0364. The molecular weight excluding hydrogens is 300 g/mol. The summed E-state index contributed by atoms with van der Waals surface area (Å²) in [6.45, 7) is 3.55. The molecule has 0 spiro atoms. The minimum atomic E-state index is -3.63. The third-order valence-corrected chi connectivity index (χ3v) is 5.40. The van der Waals surface area contributed by atoms with Crippen LogP contribution in [-0.2, 0) is 14.8 Å². The number of halogens is 1. The highest BCUT2D eigenvalue weighted by atomic mass is 35.5. The van der Waals surface area contributed by atoms with Gasteiger partial charge in [0.2, 0.25) is 10.0 Å². The Kier molecular flexibility index (Phi) is 4.90. The van der Waals surface area contributed by atoms with Crippen molar-refractivity contribution in [3.05, 3.63) is 22.7 Å². The van der Waals surface area contributed by atoms with E-state index in [4.69, 9.17) is 22.1 Å². The zero-order valence-corrected chi connectivity index (χ0v) is 12.9. The number of benzene rings is 1. The molecule has 1 heterocycles. The Hall–Kier alpha value is -0.820. The summed E-state index contributed by atoms with van der Waals surface area (Å²) in [5.41, 5.74) is 6.94. The molecule has 0 unspecified atom stereocenters. The van der Waals surface area contributed by atoms with E-state index in [1.165, 1.54) is 6.07 Å². The van der Waals surface area contributed by atoms with Gasteiger partial charge in [-0.1, -0.05) is 11.6 Å². The summed E-state index contributed by atoms with van der Waals surface area (Å²) in [7, 11) is -3.63. The van der Waals surface area contributed by atoms with E-state index in [9.17, 15) is 8.42 Å². The largest absolute Gasteiger partial charge is 0.398 e. The molecule has 1 aromatic rings. The second kappa shape index (κ2) is 6.30. The van der Waals surface area contributed by atoms with Crippen molar-refractivity contribution in [2.75, 3.05) is 25.5 Å². The van der Waals surface area contributed by atoms with Crippen molar-refractivity contribution in [2.24, 2.45) is 5.92 Å². The molecular formula is C13H19ClN2O3S. The van der Waals surface area contributed by atoms with E-state index in [0.717, 1.165) is 18.4 Å². The van der Waals surface area contributed by atoms with Crippen LogP contribution >= 0.6 is 11.6 Å². The number of aryl methyl sites for hydroxylation is 1. The molecule has 7 heteroatoms. The third kappa shape index (κ3) is 3.63. The first-order valence-electron chi connectivity index (χ1n) is 6.53. The lowest BCUT2D eigenvalue weighted by Crippen LogP contribution is -2.32. The number of nitrogens with one attached hydrogen (secondary N) is 1. The van der Waals surface area contributed by atoms with E-state index < -0.39 is 10.0 Å². The normalized spacial score (nSPS) is 17.3. The Bertz CT molecular complexity index is 584. The second-order valence-corrected chi connectivity index (χ2v) is 7.19. The fourth-order valence-electron chi connectivity index (χ4n) is 2.13. The van der Waals surface area contributed by atoms with Gasteiger partial charge in [-0.05, 0) is 43.4 Å². The predicted molar refractivity (Wildman–Crippen MR) is 79.3 cm³/mol. The summed E-state index contributed by atoms with van der Waals surface area (Å²) in [6, 6.07) is 2.98. The molecule has 5 nitrogen and oxygen atoms in total. The molecule has 0 bridgehead atoms. The van der Waals surface area contributed by atoms with Crippen LogP contribution in [0.4, 0.5) is 5.69 Å². The first kappa shape index (κ1) is 15.6. The van der Waals surface area contributed by atoms with E-state index in [0.29, 0.717) is 31.4 Å². The van der Waals surface area contributed by atoms with Crippen LogP contribution in [0.25, 0.3) is 0 Å². The van der Waals surface area contributed by atoms with Crippen molar-refractivity contribution in [1.82, 2.24) is 4.72 Å². The molecule has 0 saturated carbocycles. The highest BCUT2D eigenvalue weighted by Crippen LogP contribution is 2.27. The van der Waals surface area contributed by atoms with Crippen molar-refractivity contribution in [2.45, 2.75) is 24.7 Å². The molecule has 0 radical (unpaired) electrons. The SMILES string of the molecule is Cc1cc(Cl)c(S(=O)(=O)NCC2CCOCC2)cc1N. The number of nitrogen functional groups attached to an aromatic ring is 1. The van der Waals surface area contributed by atoms with Gasteiger partial charge in [0.05, 0.1) is 5.02 Å². The van der Waals surface area contributed by atoms with Crippen LogP contribution in [0.5, 0.6) is 0 Å². The fraction of sp³-hybridized carbons (Fsp3) is 0.538. The first-order valence-corrected chi connectivity index (χ1v) is 8.39. The molecule has 1 aromatic carbocycles. The molecule has 1 aliphatic heterocycles. The standard InChI is InChI=1S/C13H19ClN2O3S/c1-9-6-11(14)13(7-12(9)15)20(17,18)16-8-10-2-4-19-5-3-10/h6-7,10,16H,2-5,8,15H2,1H3. The minimum Gasteiger partial charge on any atom is -0.398 e. The molecule has 1 fully saturated rings. The monoisotopic (exact) mass is 318 g/mol. The Morgan fingerprint density at radius 3 is 2.70 bits per heavy atom. The van der Waals surface area contributed by atoms with Gasteiger partial charge in [0, 0.05) is 25.4 Å². The molecule has 0 aromatic heterocycles. The topological polar surface area (TPSA) is 81.4 Å². The van der Waals surface area contributed by atoms with E-state index in [1.807, 2.05) is 0 Å². The van der Waals surface area contributed by atoms with Gasteiger partial charge < -0.3 is 10.5 Å². The lowest BCUT2D eigenvalue weighted by molar-refractivity contribution is 0.0678. The molecule has 2 rings (SSSR count). The van der Waals surface area contributed by atoms with Crippen LogP contribution in [-0.4, -0.2) is 28.2 Å². The molecule has 0 amide bonds. The molecule has 112 valence electrons. The van der Waals surface area contributed by atoms with Gasteiger partial charge in [-0.2, -0.15) is 0 Å². The van der Waals surface area contributed by atoms with Crippen molar-refractivity contribution in [3.63, 3.8) is 0 Å². The van der Waals surface area contributed by atoms with Gasteiger partial charge in [-0.3, -0.25) is 0 Å². The van der Waals surface area contributed by atoms with Crippen LogP contribution < -0.4 is 10.5 Å². The van der Waals surface area contributed by atoms with Crippen LogP contribution in [0.2, 0.25) is 5.02 Å². The van der Waals surface area contributed by atoms with Crippen LogP contribution in [0, 0.1) is 12.8 Å². The number of sulfonamides is 1. The fourth-order valence-corrected chi connectivity index (χ4v) is 3.86. The Morgan fingerprint density at radius 1 is 1.40 bits per heavy atom. The number of rotatable bonds is 4. The molecule has 3 N–H and O–H groups in total. The van der Waals surface area contributed by atoms with E-state index in [2.05, 4.69) is 4.72 Å². The highest BCUT2D eigenvalue weighted by Gasteiger charge is 2.22. The van der Waals surface area contributed by atoms with Crippen molar-refractivity contribution in [3.8, 4) is 0 Å². The van der Waals surface area contributed by atoms with E-state index >= 15 is 0 Å². The summed E-state index contributed by atoms with van der Waals surface area (Å²) >= 11 is 6.01. The van der Waals surface area contributed by atoms with Crippen molar-refractivity contribution < 1.29 is 13.2 Å². The number of hydrogen-bond donors (Lipinski definition) is 2. The van der Waals surface area contributed by atoms with E-state index in [-0.39, 0.29) is 9.92 Å². The van der Waals surface area contributed by atoms with E-state index in [1.54, 1.807) is 13.0 Å². The quantitative estimate of drug-likeness (QED) is 0.831. The van der Waals surface area contributed by atoms with Crippen LogP contribution in [0.3, 0.4) is 0 Å². The number of ether oxygens (including phenoxy) is 1. The molecule has 0 atom stereocenters. The molecule has 0 aliphatic carbocycles. The third-order valence-electron chi connectivity index (χ3n) is 3.51. The molecule has 1 saturated heterocycles. The van der Waals surface area contributed by atoms with Gasteiger partial charge in [0.15, 0.2) is 0 Å². The molecule has 1 aliphatic rings. The maximum absolute atomic E-state index is 12.3. The van der Waals surface area contributed by atoms with Crippen LogP contribution in [0.15, 0.2) is 17.0 Å². The zero-order chi connectivity index (χ0) is 14.8. The van der Waals surface area contributed by atoms with Gasteiger partial charge in [0.25, 0.3) is 0 Å². The van der Waals surface area contributed by atoms with Gasteiger partial charge in [-0.25, -0.2) is 13.1 Å². The Labute approximate surface area is 124 Å². The summed E-state index contributed by atoms with van der Waals surface area (Å²) < 4.78 is 32.4. The summed E-state index contributed by atoms with van der Waals surface area (Å²) in [5, 5.41) is 0.191. The number of anilines is 1. The van der Waals surface area contributed by atoms with Crippen molar-refractivity contribution >= 4 is 27.3 Å². The lowest BCUT2D eigenvalue weighted by atomic mass is 10.0. The number of nitrogens with two attached hydrogens (primary N) is 1. The smallest absolute Gasteiger partial charge is 0.242 e. The second-order valence-electron chi connectivity index (χ2n) is 5.05. The van der Waals surface area contributed by atoms with Crippen LogP contribution in [0.1, 0.15) is 18.4 Å². The maximum Gasteiger partial charge on any atom is 0.242 e. The van der Waals surface area contributed by atoms with Gasteiger partial charge in [-0.15, -0.1) is 0 Å². The Morgan fingerprint density at radius 2 is 2.05 bits per heavy atom. The molecule has 20 heavy (non-hydrogen) atoms. The zero-order valence-electron chi connectivity index (χ0n) is 11.4. The average Bonchev–Trinajstić information content (AvgIpc) is 2.42. The van der Waals surface area contributed by atoms with Gasteiger partial charge in [0.1, 0.15) is 4.90 Å². The predicted octanol–water partition coefficient (Wildman–Crippen LogP) is 1.94. The lowest BCUT2D eigenvalue weighted by Gasteiger charge is -2.22. The van der Waals surface area contributed by atoms with Crippen molar-refractivity contribution in [1.29, 1.82) is 0 Å². The number of hydrogen-bond acceptors (Lipinski definition) is 4. The summed E-state index contributed by atoms with van der Waals surface area (Å²) in [4.78, 5) is 0.0364. The Balaban J connectivity index is 2.11. The highest BCUT2D eigenvalue weighted by molar-refractivity contribution is 7.89.